The van der Waals surface area contributed by atoms with E-state index >= 15 is 0 Å². The van der Waals surface area contributed by atoms with E-state index in [1.807, 2.05) is 0 Å². The van der Waals surface area contributed by atoms with Gasteiger partial charge in [-0.25, -0.2) is 0 Å². The van der Waals surface area contributed by atoms with Crippen LogP contribution < -0.4 is 5.32 Å². The smallest absolute Gasteiger partial charge is 0.0363 e. The molecule has 0 aromatic carbocycles. The van der Waals surface area contributed by atoms with E-state index in [-0.39, 0.29) is 0 Å². The van der Waals surface area contributed by atoms with Crippen molar-refractivity contribution in [2.24, 2.45) is 13.0 Å². The van der Waals surface area contributed by atoms with E-state index in [2.05, 4.69) is 42.3 Å². The van der Waals surface area contributed by atoms with Gasteiger partial charge in [0.1, 0.15) is 0 Å². The molecule has 13 heavy (non-hydrogen) atoms. The third-order valence-electron chi connectivity index (χ3n) is 2.73. The fourth-order valence-electron chi connectivity index (χ4n) is 1.91. The molecule has 1 saturated carbocycles. The van der Waals surface area contributed by atoms with Crippen molar-refractivity contribution in [1.29, 1.82) is 0 Å². The van der Waals surface area contributed by atoms with Crippen LogP contribution in [0.1, 0.15) is 31.4 Å². The second-order valence-electron chi connectivity index (χ2n) is 3.98. The van der Waals surface area contributed by atoms with E-state index in [9.17, 15) is 0 Å². The largest absolute Gasteiger partial charge is 0.357 e. The lowest BCUT2D eigenvalue weighted by atomic mass is 10.1. The van der Waals surface area contributed by atoms with Gasteiger partial charge in [-0.15, -0.1) is 0 Å². The Morgan fingerprint density at radius 1 is 1.62 bits per heavy atom. The highest BCUT2D eigenvalue weighted by molar-refractivity contribution is 5.18. The first kappa shape index (κ1) is 8.82. The van der Waals surface area contributed by atoms with Gasteiger partial charge in [-0.05, 0) is 36.9 Å². The second-order valence-corrected chi connectivity index (χ2v) is 3.98. The van der Waals surface area contributed by atoms with Crippen molar-refractivity contribution < 1.29 is 0 Å². The normalized spacial score (nSPS) is 18.9. The summed E-state index contributed by atoms with van der Waals surface area (Å²) < 4.78 is 2.13. The van der Waals surface area contributed by atoms with Crippen LogP contribution in [-0.2, 0) is 7.05 Å². The number of nitrogens with one attached hydrogen (secondary N) is 1. The molecule has 2 rings (SSSR count). The van der Waals surface area contributed by atoms with Crippen molar-refractivity contribution in [2.75, 3.05) is 6.54 Å². The molecule has 0 aliphatic heterocycles. The third-order valence-corrected chi connectivity index (χ3v) is 2.73. The number of rotatable bonds is 4. The van der Waals surface area contributed by atoms with Crippen LogP contribution in [-0.4, -0.2) is 11.1 Å². The number of aryl methyl sites for hydroxylation is 1. The van der Waals surface area contributed by atoms with Gasteiger partial charge in [-0.2, -0.15) is 0 Å². The van der Waals surface area contributed by atoms with Crippen LogP contribution >= 0.6 is 0 Å². The molecule has 0 amide bonds. The molecule has 72 valence electrons. The van der Waals surface area contributed by atoms with Gasteiger partial charge in [-0.1, -0.05) is 6.92 Å². The summed E-state index contributed by atoms with van der Waals surface area (Å²) in [4.78, 5) is 0. The minimum Gasteiger partial charge on any atom is -0.357 e. The van der Waals surface area contributed by atoms with Crippen LogP contribution in [0.2, 0.25) is 0 Å². The van der Waals surface area contributed by atoms with E-state index in [1.165, 1.54) is 18.4 Å². The lowest BCUT2D eigenvalue weighted by Crippen LogP contribution is -2.22. The molecule has 1 aliphatic carbocycles. The third kappa shape index (κ3) is 1.94. The molecule has 1 unspecified atom stereocenters. The van der Waals surface area contributed by atoms with E-state index in [4.69, 9.17) is 0 Å². The minimum absolute atomic E-state index is 0.603. The van der Waals surface area contributed by atoms with Gasteiger partial charge in [0.05, 0.1) is 0 Å². The van der Waals surface area contributed by atoms with Crippen LogP contribution in [0.5, 0.6) is 0 Å². The van der Waals surface area contributed by atoms with Gasteiger partial charge in [-0.3, -0.25) is 0 Å². The summed E-state index contributed by atoms with van der Waals surface area (Å²) in [5.41, 5.74) is 1.45. The zero-order valence-corrected chi connectivity index (χ0v) is 8.46. The first-order chi connectivity index (χ1) is 6.31. The molecule has 1 aromatic heterocycles. The van der Waals surface area contributed by atoms with Gasteiger partial charge in [0, 0.05) is 25.5 Å². The Labute approximate surface area is 79.9 Å². The lowest BCUT2D eigenvalue weighted by Gasteiger charge is -2.15. The van der Waals surface area contributed by atoms with Crippen LogP contribution in [0.3, 0.4) is 0 Å². The Bertz CT molecular complexity index is 273. The molecule has 1 heterocycles. The summed E-state index contributed by atoms with van der Waals surface area (Å²) in [6.45, 7) is 3.24. The number of aromatic nitrogens is 1. The summed E-state index contributed by atoms with van der Waals surface area (Å²) in [7, 11) is 2.08. The predicted octanol–water partition coefficient (Wildman–Crippen LogP) is 2.09. The van der Waals surface area contributed by atoms with Crippen LogP contribution in [0.15, 0.2) is 18.5 Å². The topological polar surface area (TPSA) is 17.0 Å². The molecule has 2 nitrogen and oxygen atoms in total. The molecule has 1 aromatic rings. The molecule has 0 bridgehead atoms. The predicted molar refractivity (Wildman–Crippen MR) is 54.6 cm³/mol. The molecule has 0 spiro atoms. The first-order valence-corrected chi connectivity index (χ1v) is 5.16. The first-order valence-electron chi connectivity index (χ1n) is 5.16. The summed E-state index contributed by atoms with van der Waals surface area (Å²) in [5, 5.41) is 3.56. The number of hydrogen-bond acceptors (Lipinski definition) is 1. The Morgan fingerprint density at radius 3 is 2.85 bits per heavy atom. The molecule has 1 N–H and O–H groups in total. The highest BCUT2D eigenvalue weighted by Gasteiger charge is 2.31. The minimum atomic E-state index is 0.603. The molecular formula is C11H18N2. The zero-order chi connectivity index (χ0) is 9.26. The van der Waals surface area contributed by atoms with Gasteiger partial charge in [0.15, 0.2) is 0 Å². The van der Waals surface area contributed by atoms with Crippen molar-refractivity contribution in [3.05, 3.63) is 24.0 Å². The monoisotopic (exact) mass is 178 g/mol. The standard InChI is InChI=1S/C11H18N2/c1-3-12-11(9-4-5-9)10-6-7-13(2)8-10/h6-9,11-12H,3-5H2,1-2H3. The van der Waals surface area contributed by atoms with Gasteiger partial charge >= 0.3 is 0 Å². The van der Waals surface area contributed by atoms with Crippen molar-refractivity contribution in [3.63, 3.8) is 0 Å². The average Bonchev–Trinajstić information content (AvgIpc) is 2.85. The quantitative estimate of drug-likeness (QED) is 0.747. The van der Waals surface area contributed by atoms with Crippen molar-refractivity contribution >= 4 is 0 Å². The maximum atomic E-state index is 3.56. The molecule has 0 radical (unpaired) electrons. The lowest BCUT2D eigenvalue weighted by molar-refractivity contribution is 0.496. The molecule has 1 atom stereocenters. The Hall–Kier alpha value is -0.760. The van der Waals surface area contributed by atoms with Gasteiger partial charge in [0.25, 0.3) is 0 Å². The molecule has 1 fully saturated rings. The molecule has 1 aliphatic rings. The highest BCUT2D eigenvalue weighted by Crippen LogP contribution is 2.40. The highest BCUT2D eigenvalue weighted by atomic mass is 14.9. The van der Waals surface area contributed by atoms with E-state index in [0.717, 1.165) is 12.5 Å². The zero-order valence-electron chi connectivity index (χ0n) is 8.46. The van der Waals surface area contributed by atoms with Crippen molar-refractivity contribution in [2.45, 2.75) is 25.8 Å². The van der Waals surface area contributed by atoms with Crippen LogP contribution in [0.4, 0.5) is 0 Å². The summed E-state index contributed by atoms with van der Waals surface area (Å²) >= 11 is 0. The van der Waals surface area contributed by atoms with Crippen molar-refractivity contribution in [1.82, 2.24) is 9.88 Å². The average molecular weight is 178 g/mol. The van der Waals surface area contributed by atoms with Crippen LogP contribution in [0, 0.1) is 5.92 Å². The fraction of sp³-hybridized carbons (Fsp3) is 0.636. The van der Waals surface area contributed by atoms with E-state index in [0.29, 0.717) is 6.04 Å². The van der Waals surface area contributed by atoms with E-state index in [1.54, 1.807) is 0 Å². The second kappa shape index (κ2) is 3.54. The molecule has 2 heteroatoms. The van der Waals surface area contributed by atoms with Gasteiger partial charge < -0.3 is 9.88 Å². The number of nitrogens with zero attached hydrogens (tertiary/aromatic N) is 1. The molecule has 0 saturated heterocycles. The van der Waals surface area contributed by atoms with Crippen LogP contribution in [0.25, 0.3) is 0 Å². The van der Waals surface area contributed by atoms with Crippen molar-refractivity contribution in [3.8, 4) is 0 Å². The maximum Gasteiger partial charge on any atom is 0.0363 e. The Morgan fingerprint density at radius 2 is 2.38 bits per heavy atom. The Balaban J connectivity index is 2.10. The summed E-state index contributed by atoms with van der Waals surface area (Å²) in [5.74, 6) is 0.891. The van der Waals surface area contributed by atoms with E-state index < -0.39 is 0 Å². The maximum absolute atomic E-state index is 3.56. The summed E-state index contributed by atoms with van der Waals surface area (Å²) in [6, 6.07) is 2.83. The Kier molecular flexibility index (Phi) is 2.40. The molecular weight excluding hydrogens is 160 g/mol. The number of hydrogen-bond donors (Lipinski definition) is 1. The van der Waals surface area contributed by atoms with Gasteiger partial charge in [0.2, 0.25) is 0 Å². The fourth-order valence-corrected chi connectivity index (χ4v) is 1.91. The summed E-state index contributed by atoms with van der Waals surface area (Å²) in [6.07, 6.45) is 7.15. The SMILES string of the molecule is CCNC(c1ccn(C)c1)C1CC1.